The third kappa shape index (κ3) is 4.23. The Bertz CT molecular complexity index is 504. The van der Waals surface area contributed by atoms with Crippen molar-refractivity contribution in [3.05, 3.63) is 35.9 Å². The lowest BCUT2D eigenvalue weighted by Gasteiger charge is -2.25. The first-order chi connectivity index (χ1) is 10.6. The molecule has 1 aromatic rings. The summed E-state index contributed by atoms with van der Waals surface area (Å²) < 4.78 is 0. The number of nitrogens with one attached hydrogen (secondary N) is 2. The summed E-state index contributed by atoms with van der Waals surface area (Å²) in [6, 6.07) is 9.70. The van der Waals surface area contributed by atoms with Crippen molar-refractivity contribution < 1.29 is 9.59 Å². The van der Waals surface area contributed by atoms with Crippen molar-refractivity contribution in [2.24, 2.45) is 0 Å². The molecule has 2 unspecified atom stereocenters. The Morgan fingerprint density at radius 2 is 2.09 bits per heavy atom. The maximum absolute atomic E-state index is 12.2. The molecule has 2 rings (SSSR count). The van der Waals surface area contributed by atoms with E-state index in [9.17, 15) is 9.59 Å². The van der Waals surface area contributed by atoms with Gasteiger partial charge in [0.25, 0.3) is 0 Å². The molecule has 1 aromatic carbocycles. The lowest BCUT2D eigenvalue weighted by atomic mass is 10.1. The molecule has 1 fully saturated rings. The molecule has 0 spiro atoms. The number of rotatable bonds is 6. The van der Waals surface area contributed by atoms with Crippen LogP contribution in [0.1, 0.15) is 44.7 Å². The van der Waals surface area contributed by atoms with Gasteiger partial charge in [0, 0.05) is 19.5 Å². The molecule has 0 bridgehead atoms. The Morgan fingerprint density at radius 3 is 2.77 bits per heavy atom. The molecular weight excluding hydrogens is 278 g/mol. The largest absolute Gasteiger partial charge is 0.338 e. The number of carbonyl (C=O) groups excluding carboxylic acids is 2. The van der Waals surface area contributed by atoms with Crippen LogP contribution >= 0.6 is 0 Å². The van der Waals surface area contributed by atoms with Gasteiger partial charge in [0.15, 0.2) is 0 Å². The molecule has 2 N–H and O–H groups in total. The Kier molecular flexibility index (Phi) is 5.81. The second kappa shape index (κ2) is 7.82. The van der Waals surface area contributed by atoms with Crippen LogP contribution in [0.15, 0.2) is 30.3 Å². The maximum atomic E-state index is 12.2. The van der Waals surface area contributed by atoms with E-state index >= 15 is 0 Å². The number of urea groups is 1. The lowest BCUT2D eigenvalue weighted by Crippen LogP contribution is -2.43. The quantitative estimate of drug-likeness (QED) is 0.793. The highest BCUT2D eigenvalue weighted by atomic mass is 16.2. The second-order valence-corrected chi connectivity index (χ2v) is 5.79. The summed E-state index contributed by atoms with van der Waals surface area (Å²) in [5.74, 6) is 0.0928. The molecule has 5 heteroatoms. The highest BCUT2D eigenvalue weighted by molar-refractivity contribution is 5.82. The van der Waals surface area contributed by atoms with Crippen LogP contribution in [0.3, 0.4) is 0 Å². The van der Waals surface area contributed by atoms with E-state index in [1.807, 2.05) is 42.2 Å². The third-order valence-corrected chi connectivity index (χ3v) is 4.06. The molecule has 0 aromatic heterocycles. The molecule has 0 saturated carbocycles. The number of carbonyl (C=O) groups is 2. The van der Waals surface area contributed by atoms with Crippen molar-refractivity contribution in [3.63, 3.8) is 0 Å². The van der Waals surface area contributed by atoms with Gasteiger partial charge in [-0.05, 0) is 18.9 Å². The fraction of sp³-hybridized carbons (Fsp3) is 0.529. The zero-order chi connectivity index (χ0) is 15.9. The second-order valence-electron chi connectivity index (χ2n) is 5.79. The van der Waals surface area contributed by atoms with E-state index < -0.39 is 0 Å². The Balaban J connectivity index is 1.87. The first-order valence-electron chi connectivity index (χ1n) is 8.00. The molecule has 1 aliphatic rings. The Morgan fingerprint density at radius 1 is 1.36 bits per heavy atom. The summed E-state index contributed by atoms with van der Waals surface area (Å²) in [4.78, 5) is 25.8. The van der Waals surface area contributed by atoms with Gasteiger partial charge in [0.05, 0.1) is 12.1 Å². The first kappa shape index (κ1) is 16.3. The fourth-order valence-corrected chi connectivity index (χ4v) is 2.73. The van der Waals surface area contributed by atoms with Crippen LogP contribution < -0.4 is 10.6 Å². The van der Waals surface area contributed by atoms with Crippen molar-refractivity contribution in [2.75, 3.05) is 13.1 Å². The zero-order valence-electron chi connectivity index (χ0n) is 13.3. The third-order valence-electron chi connectivity index (χ3n) is 4.06. The normalized spacial score (nSPS) is 19.1. The molecule has 3 amide bonds. The standard InChI is InChI=1S/C17H25N3O2/c1-3-4-10-18-17(22)19-15-11-16(21)20(12-15)13(2)14-8-6-5-7-9-14/h5-9,13,15H,3-4,10-12H2,1-2H3,(H2,18,19,22). The summed E-state index contributed by atoms with van der Waals surface area (Å²) >= 11 is 0. The molecule has 1 saturated heterocycles. The van der Waals surface area contributed by atoms with Gasteiger partial charge in [-0.2, -0.15) is 0 Å². The molecule has 120 valence electrons. The number of nitrogens with zero attached hydrogens (tertiary/aromatic N) is 1. The van der Waals surface area contributed by atoms with Gasteiger partial charge in [-0.15, -0.1) is 0 Å². The number of hydrogen-bond donors (Lipinski definition) is 2. The average Bonchev–Trinajstić information content (AvgIpc) is 2.88. The van der Waals surface area contributed by atoms with E-state index in [0.717, 1.165) is 18.4 Å². The summed E-state index contributed by atoms with van der Waals surface area (Å²) in [7, 11) is 0. The van der Waals surface area contributed by atoms with Crippen molar-refractivity contribution in [1.29, 1.82) is 0 Å². The predicted molar refractivity (Wildman–Crippen MR) is 86.4 cm³/mol. The van der Waals surface area contributed by atoms with Crippen LogP contribution in [0.2, 0.25) is 0 Å². The zero-order valence-corrected chi connectivity index (χ0v) is 13.3. The lowest BCUT2D eigenvalue weighted by molar-refractivity contribution is -0.129. The van der Waals surface area contributed by atoms with E-state index in [-0.39, 0.29) is 24.0 Å². The van der Waals surface area contributed by atoms with Crippen LogP contribution in [0.25, 0.3) is 0 Å². The molecule has 22 heavy (non-hydrogen) atoms. The van der Waals surface area contributed by atoms with Crippen LogP contribution in [0.5, 0.6) is 0 Å². The van der Waals surface area contributed by atoms with Crippen molar-refractivity contribution >= 4 is 11.9 Å². The molecule has 0 radical (unpaired) electrons. The minimum atomic E-state index is -0.180. The van der Waals surface area contributed by atoms with Gasteiger partial charge in [0.1, 0.15) is 0 Å². The summed E-state index contributed by atoms with van der Waals surface area (Å²) in [5.41, 5.74) is 1.11. The number of hydrogen-bond acceptors (Lipinski definition) is 2. The molecule has 1 aliphatic heterocycles. The number of likely N-dealkylation sites (tertiary alicyclic amines) is 1. The van der Waals surface area contributed by atoms with E-state index in [1.165, 1.54) is 0 Å². The number of benzene rings is 1. The van der Waals surface area contributed by atoms with Crippen LogP contribution in [-0.4, -0.2) is 36.0 Å². The van der Waals surface area contributed by atoms with Gasteiger partial charge in [-0.3, -0.25) is 4.79 Å². The maximum Gasteiger partial charge on any atom is 0.315 e. The number of amides is 3. The predicted octanol–water partition coefficient (Wildman–Crippen LogP) is 2.45. The van der Waals surface area contributed by atoms with Crippen LogP contribution in [-0.2, 0) is 4.79 Å². The van der Waals surface area contributed by atoms with E-state index in [2.05, 4.69) is 17.6 Å². The topological polar surface area (TPSA) is 61.4 Å². The van der Waals surface area contributed by atoms with Gasteiger partial charge in [0.2, 0.25) is 5.91 Å². The van der Waals surface area contributed by atoms with Gasteiger partial charge in [-0.25, -0.2) is 4.79 Å². The monoisotopic (exact) mass is 303 g/mol. The van der Waals surface area contributed by atoms with E-state index in [1.54, 1.807) is 0 Å². The summed E-state index contributed by atoms with van der Waals surface area (Å²) in [6.07, 6.45) is 2.39. The highest BCUT2D eigenvalue weighted by Gasteiger charge is 2.33. The van der Waals surface area contributed by atoms with Crippen LogP contribution in [0.4, 0.5) is 4.79 Å². The van der Waals surface area contributed by atoms with E-state index in [4.69, 9.17) is 0 Å². The molecule has 1 heterocycles. The van der Waals surface area contributed by atoms with E-state index in [0.29, 0.717) is 19.5 Å². The minimum Gasteiger partial charge on any atom is -0.338 e. The van der Waals surface area contributed by atoms with Crippen molar-refractivity contribution in [2.45, 2.75) is 45.2 Å². The SMILES string of the molecule is CCCCNC(=O)NC1CC(=O)N(C(C)c2ccccc2)C1. The van der Waals surface area contributed by atoms with Crippen molar-refractivity contribution in [3.8, 4) is 0 Å². The fourth-order valence-electron chi connectivity index (χ4n) is 2.73. The Labute approximate surface area is 132 Å². The summed E-state index contributed by atoms with van der Waals surface area (Å²) in [6.45, 7) is 5.35. The number of unbranched alkanes of at least 4 members (excludes halogenated alkanes) is 1. The smallest absolute Gasteiger partial charge is 0.315 e. The minimum absolute atomic E-state index is 0.0312. The van der Waals surface area contributed by atoms with Gasteiger partial charge >= 0.3 is 6.03 Å². The molecular formula is C17H25N3O2. The van der Waals surface area contributed by atoms with Crippen molar-refractivity contribution in [1.82, 2.24) is 15.5 Å². The highest BCUT2D eigenvalue weighted by Crippen LogP contribution is 2.25. The first-order valence-corrected chi connectivity index (χ1v) is 8.00. The van der Waals surface area contributed by atoms with Gasteiger partial charge in [-0.1, -0.05) is 43.7 Å². The van der Waals surface area contributed by atoms with Gasteiger partial charge < -0.3 is 15.5 Å². The Hall–Kier alpha value is -2.04. The average molecular weight is 303 g/mol. The van der Waals surface area contributed by atoms with Crippen LogP contribution in [0, 0.1) is 0 Å². The summed E-state index contributed by atoms with van der Waals surface area (Å²) in [5, 5.41) is 5.71. The molecule has 0 aliphatic carbocycles. The molecule has 5 nitrogen and oxygen atoms in total. The molecule has 2 atom stereocenters.